The summed E-state index contributed by atoms with van der Waals surface area (Å²) >= 11 is 0. The lowest BCUT2D eigenvalue weighted by molar-refractivity contribution is 0.0887. The smallest absolute Gasteiger partial charge is 0.289 e. The largest absolute Gasteiger partial charge is 0.351 e. The predicted molar refractivity (Wildman–Crippen MR) is 71.0 cm³/mol. The third kappa shape index (κ3) is 3.71. The normalized spacial score (nSPS) is 23.2. The number of hydrogen-bond donors (Lipinski definition) is 2. The van der Waals surface area contributed by atoms with Gasteiger partial charge in [-0.1, -0.05) is 12.1 Å². The molecule has 1 aliphatic rings. The molecular formula is C12H20ClN3O2. The lowest BCUT2D eigenvalue weighted by Gasteiger charge is -2.34. The number of carbonyl (C=O) groups is 1. The molecule has 18 heavy (non-hydrogen) atoms. The zero-order chi connectivity index (χ0) is 12.3. The van der Waals surface area contributed by atoms with Crippen molar-refractivity contribution in [1.29, 1.82) is 0 Å². The first-order valence-electron chi connectivity index (χ1n) is 6.01. The number of aromatic nitrogens is 1. The van der Waals surface area contributed by atoms with Crippen LogP contribution < -0.4 is 10.6 Å². The van der Waals surface area contributed by atoms with Crippen LogP contribution in [0.25, 0.3) is 0 Å². The fourth-order valence-corrected chi connectivity index (χ4v) is 2.12. The van der Waals surface area contributed by atoms with Crippen LogP contribution in [0, 0.1) is 12.3 Å². The van der Waals surface area contributed by atoms with Gasteiger partial charge >= 0.3 is 0 Å². The number of amides is 1. The van der Waals surface area contributed by atoms with E-state index in [9.17, 15) is 4.79 Å². The van der Waals surface area contributed by atoms with Crippen molar-refractivity contribution >= 4 is 18.3 Å². The van der Waals surface area contributed by atoms with Crippen LogP contribution in [-0.2, 0) is 0 Å². The Morgan fingerprint density at radius 3 is 3.00 bits per heavy atom. The van der Waals surface area contributed by atoms with Gasteiger partial charge in [0.15, 0.2) is 0 Å². The summed E-state index contributed by atoms with van der Waals surface area (Å²) in [6, 6.07) is 1.65. The van der Waals surface area contributed by atoms with E-state index >= 15 is 0 Å². The van der Waals surface area contributed by atoms with Gasteiger partial charge in [-0.15, -0.1) is 12.4 Å². The zero-order valence-corrected chi connectivity index (χ0v) is 11.6. The fourth-order valence-electron chi connectivity index (χ4n) is 2.12. The molecule has 2 N–H and O–H groups in total. The molecule has 0 bridgehead atoms. The molecule has 1 fully saturated rings. The summed E-state index contributed by atoms with van der Waals surface area (Å²) in [5.74, 6) is 0.104. The molecule has 6 heteroatoms. The Morgan fingerprint density at radius 2 is 2.44 bits per heavy atom. The number of rotatable bonds is 3. The number of aryl methyl sites for hydroxylation is 1. The van der Waals surface area contributed by atoms with E-state index in [-0.39, 0.29) is 29.5 Å². The van der Waals surface area contributed by atoms with E-state index in [0.29, 0.717) is 6.54 Å². The lowest BCUT2D eigenvalue weighted by Crippen LogP contribution is -2.45. The Hall–Kier alpha value is -1.07. The van der Waals surface area contributed by atoms with E-state index in [1.807, 2.05) is 0 Å². The lowest BCUT2D eigenvalue weighted by atomic mass is 9.83. The summed E-state index contributed by atoms with van der Waals surface area (Å²) in [6.45, 7) is 6.67. The molecular weight excluding hydrogens is 254 g/mol. The highest BCUT2D eigenvalue weighted by Gasteiger charge is 2.27. The van der Waals surface area contributed by atoms with Gasteiger partial charge in [-0.05, 0) is 31.7 Å². The SMILES string of the molecule is Cc1cc(C(=O)NCC2(C)CCCNC2)on1.Cl. The molecule has 1 amide bonds. The summed E-state index contributed by atoms with van der Waals surface area (Å²) in [4.78, 5) is 11.8. The summed E-state index contributed by atoms with van der Waals surface area (Å²) in [6.07, 6.45) is 2.30. The zero-order valence-electron chi connectivity index (χ0n) is 10.8. The van der Waals surface area contributed by atoms with Crippen LogP contribution in [0.1, 0.15) is 36.0 Å². The number of hydrogen-bond acceptors (Lipinski definition) is 4. The molecule has 0 saturated carbocycles. The minimum Gasteiger partial charge on any atom is -0.351 e. The highest BCUT2D eigenvalue weighted by molar-refractivity contribution is 5.91. The van der Waals surface area contributed by atoms with E-state index in [4.69, 9.17) is 4.52 Å². The quantitative estimate of drug-likeness (QED) is 0.876. The van der Waals surface area contributed by atoms with Gasteiger partial charge < -0.3 is 15.2 Å². The molecule has 1 saturated heterocycles. The minimum absolute atomic E-state index is 0. The van der Waals surface area contributed by atoms with E-state index in [0.717, 1.165) is 31.6 Å². The molecule has 1 atom stereocenters. The summed E-state index contributed by atoms with van der Waals surface area (Å²) in [5, 5.41) is 9.97. The van der Waals surface area contributed by atoms with Crippen LogP contribution in [0.4, 0.5) is 0 Å². The van der Waals surface area contributed by atoms with Gasteiger partial charge in [0.25, 0.3) is 5.91 Å². The van der Waals surface area contributed by atoms with Crippen molar-refractivity contribution in [3.63, 3.8) is 0 Å². The second kappa shape index (κ2) is 6.20. The maximum atomic E-state index is 11.8. The average Bonchev–Trinajstić information content (AvgIpc) is 2.74. The number of piperidine rings is 1. The fraction of sp³-hybridized carbons (Fsp3) is 0.667. The molecule has 1 aliphatic heterocycles. The van der Waals surface area contributed by atoms with E-state index in [2.05, 4.69) is 22.7 Å². The van der Waals surface area contributed by atoms with E-state index in [1.165, 1.54) is 0 Å². The summed E-state index contributed by atoms with van der Waals surface area (Å²) < 4.78 is 4.92. The summed E-state index contributed by atoms with van der Waals surface area (Å²) in [7, 11) is 0. The van der Waals surface area contributed by atoms with Gasteiger partial charge in [0.2, 0.25) is 5.76 Å². The Bertz CT molecular complexity index is 400. The second-order valence-corrected chi connectivity index (χ2v) is 5.11. The monoisotopic (exact) mass is 273 g/mol. The predicted octanol–water partition coefficient (Wildman–Crippen LogP) is 1.52. The van der Waals surface area contributed by atoms with Crippen molar-refractivity contribution in [3.8, 4) is 0 Å². The average molecular weight is 274 g/mol. The van der Waals surface area contributed by atoms with Crippen LogP contribution in [0.15, 0.2) is 10.6 Å². The first-order chi connectivity index (χ1) is 8.09. The first kappa shape index (κ1) is 15.0. The van der Waals surface area contributed by atoms with Crippen molar-refractivity contribution in [1.82, 2.24) is 15.8 Å². The van der Waals surface area contributed by atoms with E-state index < -0.39 is 0 Å². The molecule has 2 rings (SSSR count). The van der Waals surface area contributed by atoms with Gasteiger partial charge in [0, 0.05) is 19.2 Å². The maximum absolute atomic E-state index is 11.8. The van der Waals surface area contributed by atoms with Crippen molar-refractivity contribution in [2.75, 3.05) is 19.6 Å². The van der Waals surface area contributed by atoms with Gasteiger partial charge in [0.1, 0.15) is 0 Å². The van der Waals surface area contributed by atoms with Gasteiger partial charge in [-0.3, -0.25) is 4.79 Å². The van der Waals surface area contributed by atoms with Crippen LogP contribution in [0.5, 0.6) is 0 Å². The minimum atomic E-state index is -0.183. The van der Waals surface area contributed by atoms with Crippen LogP contribution >= 0.6 is 12.4 Å². The molecule has 102 valence electrons. The highest BCUT2D eigenvalue weighted by atomic mass is 35.5. The van der Waals surface area contributed by atoms with E-state index in [1.54, 1.807) is 13.0 Å². The van der Waals surface area contributed by atoms with Crippen LogP contribution in [-0.4, -0.2) is 30.7 Å². The number of carbonyl (C=O) groups excluding carboxylic acids is 1. The highest BCUT2D eigenvalue weighted by Crippen LogP contribution is 2.24. The standard InChI is InChI=1S/C12H19N3O2.ClH/c1-9-6-10(17-15-9)11(16)14-8-12(2)4-3-5-13-7-12;/h6,13H,3-5,7-8H2,1-2H3,(H,14,16);1H. The Morgan fingerprint density at radius 1 is 1.67 bits per heavy atom. The number of halogens is 1. The topological polar surface area (TPSA) is 67.2 Å². The third-order valence-electron chi connectivity index (χ3n) is 3.21. The number of nitrogens with zero attached hydrogens (tertiary/aromatic N) is 1. The summed E-state index contributed by atoms with van der Waals surface area (Å²) in [5.41, 5.74) is 0.865. The first-order valence-corrected chi connectivity index (χ1v) is 6.01. The molecule has 0 spiro atoms. The molecule has 2 heterocycles. The molecule has 1 aromatic heterocycles. The molecule has 1 unspecified atom stereocenters. The third-order valence-corrected chi connectivity index (χ3v) is 3.21. The van der Waals surface area contributed by atoms with Crippen molar-refractivity contribution < 1.29 is 9.32 Å². The maximum Gasteiger partial charge on any atom is 0.289 e. The van der Waals surface area contributed by atoms with Crippen LogP contribution in [0.2, 0.25) is 0 Å². The Labute approximate surface area is 113 Å². The van der Waals surface area contributed by atoms with Crippen molar-refractivity contribution in [3.05, 3.63) is 17.5 Å². The Kier molecular flexibility index (Phi) is 5.16. The van der Waals surface area contributed by atoms with Crippen LogP contribution in [0.3, 0.4) is 0 Å². The molecule has 0 radical (unpaired) electrons. The Balaban J connectivity index is 0.00000162. The van der Waals surface area contributed by atoms with Crippen molar-refractivity contribution in [2.24, 2.45) is 5.41 Å². The molecule has 0 aromatic carbocycles. The van der Waals surface area contributed by atoms with Gasteiger partial charge in [-0.25, -0.2) is 0 Å². The van der Waals surface area contributed by atoms with Crippen molar-refractivity contribution in [2.45, 2.75) is 26.7 Å². The van der Waals surface area contributed by atoms with Gasteiger partial charge in [0.05, 0.1) is 5.69 Å². The molecule has 1 aromatic rings. The molecule has 5 nitrogen and oxygen atoms in total. The van der Waals surface area contributed by atoms with Gasteiger partial charge in [-0.2, -0.15) is 0 Å². The second-order valence-electron chi connectivity index (χ2n) is 5.11. The molecule has 0 aliphatic carbocycles. The number of nitrogens with one attached hydrogen (secondary N) is 2.